The van der Waals surface area contributed by atoms with E-state index in [0.717, 1.165) is 18.7 Å². The molecule has 1 heterocycles. The fourth-order valence-corrected chi connectivity index (χ4v) is 1.71. The van der Waals surface area contributed by atoms with E-state index in [1.165, 1.54) is 0 Å². The van der Waals surface area contributed by atoms with E-state index in [1.54, 1.807) is 6.07 Å². The predicted molar refractivity (Wildman–Crippen MR) is 78.1 cm³/mol. The van der Waals surface area contributed by atoms with E-state index in [4.69, 9.17) is 10.6 Å². The number of nitrogen functional groups attached to an aromatic ring is 1. The molecule has 0 fully saturated rings. The molecule has 1 aromatic rings. The first-order valence-corrected chi connectivity index (χ1v) is 6.85. The smallest absolute Gasteiger partial charge is 0.218 e. The standard InChI is InChI=1S/C14H26N4O/c1-6-7-10(2)9-19-12-8-11(18-15)16-13(17-12)14(3,4)5/h8,10H,6-7,9,15H2,1-5H3,(H,16,17,18). The molecule has 5 heteroatoms. The van der Waals surface area contributed by atoms with E-state index >= 15 is 0 Å². The number of nitrogens with two attached hydrogens (primary N) is 1. The Kier molecular flexibility index (Phi) is 5.54. The maximum absolute atomic E-state index is 5.75. The molecule has 0 saturated carbocycles. The van der Waals surface area contributed by atoms with Crippen molar-refractivity contribution in [3.05, 3.63) is 11.9 Å². The van der Waals surface area contributed by atoms with Gasteiger partial charge < -0.3 is 10.2 Å². The van der Waals surface area contributed by atoms with Crippen LogP contribution in [-0.2, 0) is 5.41 Å². The third-order valence-electron chi connectivity index (χ3n) is 2.82. The Labute approximate surface area is 115 Å². The summed E-state index contributed by atoms with van der Waals surface area (Å²) >= 11 is 0. The van der Waals surface area contributed by atoms with Crippen LogP contribution in [0, 0.1) is 5.92 Å². The van der Waals surface area contributed by atoms with Crippen molar-refractivity contribution in [3.8, 4) is 5.88 Å². The number of hydrazine groups is 1. The Morgan fingerprint density at radius 3 is 2.58 bits per heavy atom. The summed E-state index contributed by atoms with van der Waals surface area (Å²) < 4.78 is 5.75. The molecule has 5 nitrogen and oxygen atoms in total. The second-order valence-corrected chi connectivity index (χ2v) is 6.01. The van der Waals surface area contributed by atoms with E-state index in [9.17, 15) is 0 Å². The van der Waals surface area contributed by atoms with Crippen molar-refractivity contribution in [2.24, 2.45) is 11.8 Å². The molecule has 0 aliphatic heterocycles. The molecule has 3 N–H and O–H groups in total. The van der Waals surface area contributed by atoms with E-state index in [2.05, 4.69) is 50.0 Å². The van der Waals surface area contributed by atoms with Crippen LogP contribution in [0.5, 0.6) is 5.88 Å². The Morgan fingerprint density at radius 1 is 1.37 bits per heavy atom. The van der Waals surface area contributed by atoms with E-state index in [-0.39, 0.29) is 5.41 Å². The first kappa shape index (κ1) is 15.7. The van der Waals surface area contributed by atoms with Crippen LogP contribution >= 0.6 is 0 Å². The highest BCUT2D eigenvalue weighted by molar-refractivity contribution is 5.37. The molecule has 0 spiro atoms. The molecule has 0 radical (unpaired) electrons. The van der Waals surface area contributed by atoms with Crippen molar-refractivity contribution < 1.29 is 4.74 Å². The third kappa shape index (κ3) is 5.03. The number of hydrogen-bond donors (Lipinski definition) is 2. The Hall–Kier alpha value is -1.36. The number of rotatable bonds is 6. The van der Waals surface area contributed by atoms with Crippen LogP contribution in [0.1, 0.15) is 53.3 Å². The second-order valence-electron chi connectivity index (χ2n) is 6.01. The van der Waals surface area contributed by atoms with Gasteiger partial charge in [-0.3, -0.25) is 0 Å². The predicted octanol–water partition coefficient (Wildman–Crippen LogP) is 2.87. The van der Waals surface area contributed by atoms with Crippen LogP contribution in [0.15, 0.2) is 6.07 Å². The van der Waals surface area contributed by atoms with E-state index < -0.39 is 0 Å². The molecule has 0 aliphatic carbocycles. The summed E-state index contributed by atoms with van der Waals surface area (Å²) in [4.78, 5) is 8.82. The van der Waals surface area contributed by atoms with Gasteiger partial charge in [-0.15, -0.1) is 0 Å². The summed E-state index contributed by atoms with van der Waals surface area (Å²) in [6, 6.07) is 1.73. The molecule has 1 rings (SSSR count). The van der Waals surface area contributed by atoms with Gasteiger partial charge in [0.25, 0.3) is 0 Å². The summed E-state index contributed by atoms with van der Waals surface area (Å²) in [7, 11) is 0. The fourth-order valence-electron chi connectivity index (χ4n) is 1.71. The van der Waals surface area contributed by atoms with Crippen LogP contribution < -0.4 is 16.0 Å². The maximum Gasteiger partial charge on any atom is 0.218 e. The molecule has 1 aromatic heterocycles. The Balaban J connectivity index is 2.83. The van der Waals surface area contributed by atoms with Gasteiger partial charge in [0.05, 0.1) is 6.61 Å². The van der Waals surface area contributed by atoms with Crippen LogP contribution in [0.25, 0.3) is 0 Å². The van der Waals surface area contributed by atoms with Crippen molar-refractivity contribution >= 4 is 5.82 Å². The monoisotopic (exact) mass is 266 g/mol. The lowest BCUT2D eigenvalue weighted by atomic mass is 9.96. The second kappa shape index (κ2) is 6.70. The minimum atomic E-state index is -0.139. The normalized spacial score (nSPS) is 13.2. The highest BCUT2D eigenvalue weighted by Crippen LogP contribution is 2.23. The average molecular weight is 266 g/mol. The van der Waals surface area contributed by atoms with Crippen LogP contribution in [0.2, 0.25) is 0 Å². The molecule has 19 heavy (non-hydrogen) atoms. The molecule has 1 atom stereocenters. The molecule has 1 unspecified atom stereocenters. The lowest BCUT2D eigenvalue weighted by Gasteiger charge is -2.19. The van der Waals surface area contributed by atoms with E-state index in [0.29, 0.717) is 24.2 Å². The van der Waals surface area contributed by atoms with Gasteiger partial charge in [0.2, 0.25) is 5.88 Å². The van der Waals surface area contributed by atoms with E-state index in [1.807, 2.05) is 0 Å². The molecule has 0 aliphatic rings. The summed E-state index contributed by atoms with van der Waals surface area (Å²) in [5, 5.41) is 0. The quantitative estimate of drug-likeness (QED) is 0.612. The van der Waals surface area contributed by atoms with Gasteiger partial charge in [-0.2, -0.15) is 4.98 Å². The van der Waals surface area contributed by atoms with Crippen molar-refractivity contribution in [2.45, 2.75) is 52.9 Å². The summed E-state index contributed by atoms with van der Waals surface area (Å²) in [6.45, 7) is 11.2. The molecular formula is C14H26N4O. The topological polar surface area (TPSA) is 73.1 Å². The van der Waals surface area contributed by atoms with Crippen molar-refractivity contribution in [1.82, 2.24) is 9.97 Å². The molecule has 0 aromatic carbocycles. The summed E-state index contributed by atoms with van der Waals surface area (Å²) in [5.41, 5.74) is 2.42. The largest absolute Gasteiger partial charge is 0.477 e. The Morgan fingerprint density at radius 2 is 2.05 bits per heavy atom. The van der Waals surface area contributed by atoms with Crippen molar-refractivity contribution in [3.63, 3.8) is 0 Å². The minimum Gasteiger partial charge on any atom is -0.477 e. The highest BCUT2D eigenvalue weighted by Gasteiger charge is 2.19. The minimum absolute atomic E-state index is 0.139. The van der Waals surface area contributed by atoms with Gasteiger partial charge in [0.15, 0.2) is 0 Å². The van der Waals surface area contributed by atoms with Gasteiger partial charge in [0.1, 0.15) is 11.6 Å². The average Bonchev–Trinajstić information content (AvgIpc) is 2.35. The lowest BCUT2D eigenvalue weighted by molar-refractivity contribution is 0.241. The summed E-state index contributed by atoms with van der Waals surface area (Å²) in [6.07, 6.45) is 2.32. The lowest BCUT2D eigenvalue weighted by Crippen LogP contribution is -2.20. The number of ether oxygens (including phenoxy) is 1. The molecule has 108 valence electrons. The first-order chi connectivity index (χ1) is 8.86. The van der Waals surface area contributed by atoms with Crippen LogP contribution in [0.3, 0.4) is 0 Å². The number of nitrogens with one attached hydrogen (secondary N) is 1. The zero-order valence-corrected chi connectivity index (χ0v) is 12.7. The number of aromatic nitrogens is 2. The molecule has 0 saturated heterocycles. The number of nitrogens with zero attached hydrogens (tertiary/aromatic N) is 2. The zero-order valence-electron chi connectivity index (χ0n) is 12.7. The van der Waals surface area contributed by atoms with Crippen molar-refractivity contribution in [1.29, 1.82) is 0 Å². The maximum atomic E-state index is 5.75. The van der Waals surface area contributed by atoms with Crippen LogP contribution in [-0.4, -0.2) is 16.6 Å². The highest BCUT2D eigenvalue weighted by atomic mass is 16.5. The van der Waals surface area contributed by atoms with Gasteiger partial charge in [-0.25, -0.2) is 10.8 Å². The SMILES string of the molecule is CCCC(C)COc1cc(NN)nc(C(C)(C)C)n1. The zero-order chi connectivity index (χ0) is 14.5. The molecular weight excluding hydrogens is 240 g/mol. The van der Waals surface area contributed by atoms with Gasteiger partial charge in [0, 0.05) is 11.5 Å². The van der Waals surface area contributed by atoms with Gasteiger partial charge in [-0.05, 0) is 12.3 Å². The molecule has 0 bridgehead atoms. The molecule has 0 amide bonds. The number of anilines is 1. The van der Waals surface area contributed by atoms with Crippen molar-refractivity contribution in [2.75, 3.05) is 12.0 Å². The van der Waals surface area contributed by atoms with Crippen LogP contribution in [0.4, 0.5) is 5.82 Å². The number of hydrogen-bond acceptors (Lipinski definition) is 5. The van der Waals surface area contributed by atoms with Gasteiger partial charge in [-0.1, -0.05) is 41.0 Å². The fraction of sp³-hybridized carbons (Fsp3) is 0.714. The Bertz CT molecular complexity index is 401. The third-order valence-corrected chi connectivity index (χ3v) is 2.82. The van der Waals surface area contributed by atoms with Gasteiger partial charge >= 0.3 is 0 Å². The first-order valence-electron chi connectivity index (χ1n) is 6.85. The summed E-state index contributed by atoms with van der Waals surface area (Å²) in [5.74, 6) is 7.84.